The molecule has 2 bridgehead atoms. The summed E-state index contributed by atoms with van der Waals surface area (Å²) in [6.07, 6.45) is 1.01. The molecule has 2 rings (SSSR count). The molecular weight excluding hydrogens is 350 g/mol. The van der Waals surface area contributed by atoms with Gasteiger partial charge in [-0.1, -0.05) is 6.58 Å². The summed E-state index contributed by atoms with van der Waals surface area (Å²) >= 11 is 0. The number of halogens is 2. The highest BCUT2D eigenvalue weighted by molar-refractivity contribution is 7.86. The van der Waals surface area contributed by atoms with E-state index in [4.69, 9.17) is 4.74 Å². The molecule has 0 heterocycles. The van der Waals surface area contributed by atoms with Crippen LogP contribution in [0.1, 0.15) is 26.2 Å². The van der Waals surface area contributed by atoms with Crippen molar-refractivity contribution >= 4 is 22.1 Å². The number of fused-ring (bicyclic) bond motifs is 2. The van der Waals surface area contributed by atoms with Gasteiger partial charge in [0.05, 0.1) is 5.92 Å². The largest absolute Gasteiger partial charge is 0.743 e. The first-order valence-electron chi connectivity index (χ1n) is 7.28. The van der Waals surface area contributed by atoms with Crippen LogP contribution in [0.4, 0.5) is 8.78 Å². The van der Waals surface area contributed by atoms with Crippen LogP contribution in [0.5, 0.6) is 0 Å². The molecule has 2 fully saturated rings. The second-order valence-corrected chi connectivity index (χ2v) is 7.77. The monoisotopic (exact) mass is 367 g/mol. The van der Waals surface area contributed by atoms with Gasteiger partial charge in [-0.05, 0) is 32.1 Å². The number of rotatable bonds is 6. The van der Waals surface area contributed by atoms with Gasteiger partial charge < -0.3 is 14.0 Å². The summed E-state index contributed by atoms with van der Waals surface area (Å²) in [5.41, 5.74) is 0.206. The molecule has 0 aromatic rings. The standard InChI is InChI=1S/C14H18F2O7S/c1-7(2)12(17)23-11-5-8-3-9(11)10(4-8)13(18)22-6-14(15,16)24(19,20)21/h8-11H,1,3-6H2,2H3,(H,19,20,21)/p-1. The lowest BCUT2D eigenvalue weighted by atomic mass is 9.86. The fourth-order valence-electron chi connectivity index (χ4n) is 3.26. The molecule has 0 N–H and O–H groups in total. The fraction of sp³-hybridized carbons (Fsp3) is 0.714. The Morgan fingerprint density at radius 1 is 1.29 bits per heavy atom. The quantitative estimate of drug-likeness (QED) is 0.394. The summed E-state index contributed by atoms with van der Waals surface area (Å²) in [4.78, 5) is 23.5. The van der Waals surface area contributed by atoms with Crippen molar-refractivity contribution in [2.24, 2.45) is 17.8 Å². The normalized spacial score (nSPS) is 29.3. The maximum absolute atomic E-state index is 13.0. The van der Waals surface area contributed by atoms with Crippen molar-refractivity contribution < 1.29 is 40.8 Å². The highest BCUT2D eigenvalue weighted by Gasteiger charge is 2.52. The number of ether oxygens (including phenoxy) is 2. The Morgan fingerprint density at radius 2 is 1.92 bits per heavy atom. The van der Waals surface area contributed by atoms with E-state index in [2.05, 4.69) is 11.3 Å². The van der Waals surface area contributed by atoms with Gasteiger partial charge >= 0.3 is 17.2 Å². The van der Waals surface area contributed by atoms with Crippen molar-refractivity contribution in [1.29, 1.82) is 0 Å². The van der Waals surface area contributed by atoms with Crippen LogP contribution in [0.15, 0.2) is 12.2 Å². The van der Waals surface area contributed by atoms with E-state index in [1.54, 1.807) is 0 Å². The van der Waals surface area contributed by atoms with Gasteiger partial charge in [0.15, 0.2) is 16.7 Å². The van der Waals surface area contributed by atoms with Gasteiger partial charge in [-0.2, -0.15) is 8.78 Å². The smallest absolute Gasteiger partial charge is 0.367 e. The minimum absolute atomic E-state index is 0.0965. The van der Waals surface area contributed by atoms with E-state index >= 15 is 0 Å². The van der Waals surface area contributed by atoms with Gasteiger partial charge in [0.2, 0.25) is 0 Å². The Kier molecular flexibility index (Phi) is 5.01. The molecule has 10 heteroatoms. The molecule has 4 atom stereocenters. The Bertz CT molecular complexity index is 658. The van der Waals surface area contributed by atoms with Crippen molar-refractivity contribution in [3.05, 3.63) is 12.2 Å². The summed E-state index contributed by atoms with van der Waals surface area (Å²) in [5, 5.41) is -4.67. The van der Waals surface area contributed by atoms with Crippen LogP contribution in [0.2, 0.25) is 0 Å². The summed E-state index contributed by atoms with van der Waals surface area (Å²) < 4.78 is 66.9. The minimum atomic E-state index is -5.91. The third-order valence-corrected chi connectivity index (χ3v) is 5.26. The zero-order valence-electron chi connectivity index (χ0n) is 12.9. The number of carbonyl (C=O) groups excluding carboxylic acids is 2. The molecule has 0 saturated heterocycles. The summed E-state index contributed by atoms with van der Waals surface area (Å²) in [6.45, 7) is 3.12. The molecule has 7 nitrogen and oxygen atoms in total. The highest BCUT2D eigenvalue weighted by Crippen LogP contribution is 2.50. The number of hydrogen-bond donors (Lipinski definition) is 0. The molecule has 0 amide bonds. The Balaban J connectivity index is 1.96. The van der Waals surface area contributed by atoms with Gasteiger partial charge in [0.25, 0.3) is 0 Å². The Morgan fingerprint density at radius 3 is 2.42 bits per heavy atom. The Labute approximate surface area is 137 Å². The fourth-order valence-corrected chi connectivity index (χ4v) is 3.47. The maximum atomic E-state index is 13.0. The first kappa shape index (κ1) is 18.8. The summed E-state index contributed by atoms with van der Waals surface area (Å²) in [5.74, 6) is -2.65. The van der Waals surface area contributed by atoms with E-state index in [0.717, 1.165) is 0 Å². The lowest BCUT2D eigenvalue weighted by Gasteiger charge is -2.28. The number of alkyl halides is 2. The molecule has 0 aromatic heterocycles. The molecule has 0 radical (unpaired) electrons. The van der Waals surface area contributed by atoms with Gasteiger partial charge in [-0.25, -0.2) is 13.2 Å². The zero-order chi connectivity index (χ0) is 18.3. The van der Waals surface area contributed by atoms with E-state index in [9.17, 15) is 31.3 Å². The van der Waals surface area contributed by atoms with Crippen LogP contribution in [-0.4, -0.2) is 42.9 Å². The van der Waals surface area contributed by atoms with Crippen LogP contribution in [-0.2, 0) is 29.2 Å². The second-order valence-electron chi connectivity index (χ2n) is 6.27. The van der Waals surface area contributed by atoms with Gasteiger partial charge in [0, 0.05) is 11.5 Å². The predicted octanol–water partition coefficient (Wildman–Crippen LogP) is 1.20. The molecule has 24 heavy (non-hydrogen) atoms. The van der Waals surface area contributed by atoms with E-state index in [1.165, 1.54) is 6.92 Å². The van der Waals surface area contributed by atoms with Gasteiger partial charge in [-0.3, -0.25) is 4.79 Å². The third kappa shape index (κ3) is 3.75. The van der Waals surface area contributed by atoms with Gasteiger partial charge in [0.1, 0.15) is 6.10 Å². The van der Waals surface area contributed by atoms with Crippen molar-refractivity contribution in [3.8, 4) is 0 Å². The molecule has 2 aliphatic carbocycles. The van der Waals surface area contributed by atoms with Crippen LogP contribution in [0.25, 0.3) is 0 Å². The van der Waals surface area contributed by atoms with Crippen molar-refractivity contribution in [1.82, 2.24) is 0 Å². The van der Waals surface area contributed by atoms with E-state index in [0.29, 0.717) is 19.3 Å². The lowest BCUT2D eigenvalue weighted by molar-refractivity contribution is -0.162. The number of esters is 2. The molecule has 0 aromatic carbocycles. The molecule has 2 aliphatic rings. The first-order valence-corrected chi connectivity index (χ1v) is 8.69. The molecule has 0 aliphatic heterocycles. The molecular formula is C14H17F2O7S-. The highest BCUT2D eigenvalue weighted by atomic mass is 32.2. The van der Waals surface area contributed by atoms with E-state index in [1.807, 2.05) is 0 Å². The molecule has 4 unspecified atom stereocenters. The average molecular weight is 367 g/mol. The summed E-state index contributed by atoms with van der Waals surface area (Å²) in [6, 6.07) is 0. The molecule has 0 spiro atoms. The number of carbonyl (C=O) groups is 2. The number of hydrogen-bond acceptors (Lipinski definition) is 7. The van der Waals surface area contributed by atoms with E-state index < -0.39 is 45.9 Å². The zero-order valence-corrected chi connectivity index (χ0v) is 13.7. The van der Waals surface area contributed by atoms with Crippen LogP contribution >= 0.6 is 0 Å². The van der Waals surface area contributed by atoms with Crippen molar-refractivity contribution in [2.45, 2.75) is 37.5 Å². The van der Waals surface area contributed by atoms with E-state index in [-0.39, 0.29) is 17.4 Å². The van der Waals surface area contributed by atoms with Crippen LogP contribution < -0.4 is 0 Å². The summed E-state index contributed by atoms with van der Waals surface area (Å²) in [7, 11) is -5.91. The maximum Gasteiger partial charge on any atom is 0.367 e. The van der Waals surface area contributed by atoms with Crippen molar-refractivity contribution in [2.75, 3.05) is 6.61 Å². The SMILES string of the molecule is C=C(C)C(=O)OC1CC2CC(C(=O)OCC(F)(F)S(=O)(=O)[O-])C1C2. The molecule has 2 saturated carbocycles. The second kappa shape index (κ2) is 6.40. The topological polar surface area (TPSA) is 110 Å². The van der Waals surface area contributed by atoms with Crippen molar-refractivity contribution in [3.63, 3.8) is 0 Å². The van der Waals surface area contributed by atoms with Crippen LogP contribution in [0.3, 0.4) is 0 Å². The minimum Gasteiger partial charge on any atom is -0.743 e. The van der Waals surface area contributed by atoms with Gasteiger partial charge in [-0.15, -0.1) is 0 Å². The third-order valence-electron chi connectivity index (χ3n) is 4.41. The Hall–Kier alpha value is -1.55. The van der Waals surface area contributed by atoms with Crippen LogP contribution in [0, 0.1) is 17.8 Å². The lowest BCUT2D eigenvalue weighted by Crippen LogP contribution is -2.38. The molecule has 136 valence electrons. The predicted molar refractivity (Wildman–Crippen MR) is 74.6 cm³/mol. The first-order chi connectivity index (χ1) is 10.9. The average Bonchev–Trinajstić information content (AvgIpc) is 3.03.